The van der Waals surface area contributed by atoms with Gasteiger partial charge in [0.15, 0.2) is 6.61 Å². The minimum atomic E-state index is -0.263. The summed E-state index contributed by atoms with van der Waals surface area (Å²) >= 11 is 0. The van der Waals surface area contributed by atoms with Crippen molar-refractivity contribution in [3.05, 3.63) is 66.2 Å². The molecule has 5 heteroatoms. The van der Waals surface area contributed by atoms with Crippen molar-refractivity contribution < 1.29 is 18.7 Å². The van der Waals surface area contributed by atoms with Gasteiger partial charge in [0, 0.05) is 16.8 Å². The predicted molar refractivity (Wildman–Crippen MR) is 106 cm³/mol. The second-order valence-corrected chi connectivity index (χ2v) is 6.30. The molecule has 0 unspecified atom stereocenters. The Kier molecular flexibility index (Phi) is 4.42. The van der Waals surface area contributed by atoms with Gasteiger partial charge in [-0.05, 0) is 31.2 Å². The first-order valence-electron chi connectivity index (χ1n) is 8.62. The van der Waals surface area contributed by atoms with E-state index in [9.17, 15) is 4.79 Å². The van der Waals surface area contributed by atoms with E-state index in [-0.39, 0.29) is 12.5 Å². The van der Waals surface area contributed by atoms with Crippen molar-refractivity contribution in [1.82, 2.24) is 0 Å². The highest BCUT2D eigenvalue weighted by Gasteiger charge is 2.14. The molecule has 1 heterocycles. The predicted octanol–water partition coefficient (Wildman–Crippen LogP) is 4.92. The lowest BCUT2D eigenvalue weighted by atomic mass is 10.1. The van der Waals surface area contributed by atoms with Crippen molar-refractivity contribution in [3.8, 4) is 11.5 Å². The Morgan fingerprint density at radius 3 is 2.56 bits per heavy atom. The van der Waals surface area contributed by atoms with Crippen LogP contribution in [0.5, 0.6) is 11.5 Å². The summed E-state index contributed by atoms with van der Waals surface area (Å²) in [5, 5.41) is 4.76. The third kappa shape index (κ3) is 3.44. The zero-order valence-electron chi connectivity index (χ0n) is 15.1. The van der Waals surface area contributed by atoms with Gasteiger partial charge in [0.1, 0.15) is 22.7 Å². The number of furan rings is 1. The van der Waals surface area contributed by atoms with Crippen molar-refractivity contribution in [3.63, 3.8) is 0 Å². The van der Waals surface area contributed by atoms with E-state index in [1.54, 1.807) is 13.2 Å². The average Bonchev–Trinajstić information content (AvgIpc) is 3.04. The van der Waals surface area contributed by atoms with Gasteiger partial charge in [-0.25, -0.2) is 0 Å². The number of amides is 1. The number of carbonyl (C=O) groups is 1. The van der Waals surface area contributed by atoms with Crippen LogP contribution in [0.2, 0.25) is 0 Å². The molecular weight excluding hydrogens is 342 g/mol. The summed E-state index contributed by atoms with van der Waals surface area (Å²) in [5.41, 5.74) is 3.22. The topological polar surface area (TPSA) is 60.7 Å². The van der Waals surface area contributed by atoms with Crippen LogP contribution in [0.25, 0.3) is 21.9 Å². The molecule has 0 aliphatic carbocycles. The van der Waals surface area contributed by atoms with Crippen molar-refractivity contribution in [2.75, 3.05) is 19.0 Å². The number of benzene rings is 3. The monoisotopic (exact) mass is 361 g/mol. The van der Waals surface area contributed by atoms with Gasteiger partial charge < -0.3 is 19.2 Å². The molecule has 1 N–H and O–H groups in total. The number of para-hydroxylation sites is 1. The third-order valence-corrected chi connectivity index (χ3v) is 4.36. The first kappa shape index (κ1) is 17.0. The highest BCUT2D eigenvalue weighted by molar-refractivity contribution is 6.08. The van der Waals surface area contributed by atoms with Crippen LogP contribution in [-0.4, -0.2) is 19.6 Å². The molecule has 0 saturated heterocycles. The Morgan fingerprint density at radius 2 is 1.78 bits per heavy atom. The zero-order valence-corrected chi connectivity index (χ0v) is 15.1. The second kappa shape index (κ2) is 7.03. The van der Waals surface area contributed by atoms with Crippen LogP contribution in [0, 0.1) is 6.92 Å². The summed E-state index contributed by atoms with van der Waals surface area (Å²) in [5.74, 6) is 0.922. The molecule has 0 saturated carbocycles. The van der Waals surface area contributed by atoms with Gasteiger partial charge in [0.2, 0.25) is 0 Å². The number of anilines is 1. The number of fused-ring (bicyclic) bond motifs is 3. The standard InChI is InChI=1S/C22H19NO4/c1-14-7-9-15(10-8-14)26-13-22(24)23-18-11-17-16-5-3-4-6-19(16)27-20(17)12-21(18)25-2/h3-12H,13H2,1-2H3,(H,23,24). The molecule has 27 heavy (non-hydrogen) atoms. The summed E-state index contributed by atoms with van der Waals surface area (Å²) in [7, 11) is 1.56. The number of ether oxygens (including phenoxy) is 2. The molecular formula is C22H19NO4. The molecule has 3 aromatic carbocycles. The molecule has 136 valence electrons. The molecule has 1 amide bonds. The van der Waals surface area contributed by atoms with Crippen molar-refractivity contribution in [2.24, 2.45) is 0 Å². The fourth-order valence-electron chi connectivity index (χ4n) is 2.99. The van der Waals surface area contributed by atoms with Gasteiger partial charge in [-0.3, -0.25) is 4.79 Å². The number of carbonyl (C=O) groups excluding carboxylic acids is 1. The maximum Gasteiger partial charge on any atom is 0.262 e. The number of hydrogen-bond donors (Lipinski definition) is 1. The van der Waals surface area contributed by atoms with Crippen LogP contribution in [-0.2, 0) is 4.79 Å². The van der Waals surface area contributed by atoms with Crippen LogP contribution in [0.4, 0.5) is 5.69 Å². The number of nitrogens with one attached hydrogen (secondary N) is 1. The van der Waals surface area contributed by atoms with E-state index in [4.69, 9.17) is 13.9 Å². The smallest absolute Gasteiger partial charge is 0.262 e. The van der Waals surface area contributed by atoms with E-state index in [0.29, 0.717) is 22.8 Å². The molecule has 0 fully saturated rings. The van der Waals surface area contributed by atoms with Gasteiger partial charge in [0.05, 0.1) is 12.8 Å². The Bertz CT molecular complexity index is 1110. The minimum Gasteiger partial charge on any atom is -0.494 e. The molecule has 0 atom stereocenters. The largest absolute Gasteiger partial charge is 0.494 e. The number of methoxy groups -OCH3 is 1. The fraction of sp³-hybridized carbons (Fsp3) is 0.136. The first-order valence-corrected chi connectivity index (χ1v) is 8.62. The van der Waals surface area contributed by atoms with Crippen LogP contribution in [0.1, 0.15) is 5.56 Å². The number of aryl methyl sites for hydroxylation is 1. The van der Waals surface area contributed by atoms with Crippen molar-refractivity contribution >= 4 is 33.5 Å². The highest BCUT2D eigenvalue weighted by atomic mass is 16.5. The molecule has 4 aromatic rings. The minimum absolute atomic E-state index is 0.0869. The Morgan fingerprint density at radius 1 is 1.00 bits per heavy atom. The van der Waals surface area contributed by atoms with E-state index < -0.39 is 0 Å². The molecule has 0 radical (unpaired) electrons. The van der Waals surface area contributed by atoms with Gasteiger partial charge in [-0.15, -0.1) is 0 Å². The maximum absolute atomic E-state index is 12.3. The SMILES string of the molecule is COc1cc2oc3ccccc3c2cc1NC(=O)COc1ccc(C)cc1. The molecule has 0 bridgehead atoms. The van der Waals surface area contributed by atoms with Crippen LogP contribution >= 0.6 is 0 Å². The molecule has 5 nitrogen and oxygen atoms in total. The van der Waals surface area contributed by atoms with Crippen LogP contribution in [0.15, 0.2) is 65.1 Å². The van der Waals surface area contributed by atoms with Crippen LogP contribution < -0.4 is 14.8 Å². The molecule has 0 aliphatic heterocycles. The van der Waals surface area contributed by atoms with Gasteiger partial charge >= 0.3 is 0 Å². The quantitative estimate of drug-likeness (QED) is 0.548. The summed E-state index contributed by atoms with van der Waals surface area (Å²) in [6.07, 6.45) is 0. The lowest BCUT2D eigenvalue weighted by molar-refractivity contribution is -0.118. The number of rotatable bonds is 5. The molecule has 0 spiro atoms. The maximum atomic E-state index is 12.3. The van der Waals surface area contributed by atoms with E-state index in [0.717, 1.165) is 21.9 Å². The summed E-state index contributed by atoms with van der Waals surface area (Å²) in [6, 6.07) is 19.0. The Hall–Kier alpha value is -3.47. The molecule has 4 rings (SSSR count). The summed E-state index contributed by atoms with van der Waals surface area (Å²) < 4.78 is 16.8. The fourth-order valence-corrected chi connectivity index (χ4v) is 2.99. The Balaban J connectivity index is 1.57. The number of hydrogen-bond acceptors (Lipinski definition) is 4. The van der Waals surface area contributed by atoms with Crippen molar-refractivity contribution in [1.29, 1.82) is 0 Å². The molecule has 1 aromatic heterocycles. The van der Waals surface area contributed by atoms with Gasteiger partial charge in [-0.1, -0.05) is 35.9 Å². The molecule has 0 aliphatic rings. The van der Waals surface area contributed by atoms with Crippen LogP contribution in [0.3, 0.4) is 0 Å². The lowest BCUT2D eigenvalue weighted by Crippen LogP contribution is -2.20. The van der Waals surface area contributed by atoms with E-state index in [1.807, 2.05) is 61.5 Å². The van der Waals surface area contributed by atoms with Crippen molar-refractivity contribution in [2.45, 2.75) is 6.92 Å². The van der Waals surface area contributed by atoms with E-state index >= 15 is 0 Å². The average molecular weight is 361 g/mol. The lowest BCUT2D eigenvalue weighted by Gasteiger charge is -2.11. The third-order valence-electron chi connectivity index (χ3n) is 4.36. The normalized spacial score (nSPS) is 10.9. The second-order valence-electron chi connectivity index (χ2n) is 6.30. The Labute approximate surface area is 156 Å². The highest BCUT2D eigenvalue weighted by Crippen LogP contribution is 2.36. The van der Waals surface area contributed by atoms with Gasteiger partial charge in [-0.2, -0.15) is 0 Å². The summed E-state index contributed by atoms with van der Waals surface area (Å²) in [4.78, 5) is 12.3. The zero-order chi connectivity index (χ0) is 18.8. The van der Waals surface area contributed by atoms with Gasteiger partial charge in [0.25, 0.3) is 5.91 Å². The summed E-state index contributed by atoms with van der Waals surface area (Å²) in [6.45, 7) is 1.91. The van der Waals surface area contributed by atoms with E-state index in [2.05, 4.69) is 5.32 Å². The van der Waals surface area contributed by atoms with E-state index in [1.165, 1.54) is 0 Å². The first-order chi connectivity index (χ1) is 13.1.